The van der Waals surface area contributed by atoms with Crippen LogP contribution in [0, 0.1) is 5.92 Å². The average Bonchev–Trinajstić information content (AvgIpc) is 2.76. The van der Waals surface area contributed by atoms with Gasteiger partial charge in [0.25, 0.3) is 5.91 Å². The molecule has 0 bridgehead atoms. The molecule has 0 aromatic heterocycles. The number of nitrogens with one attached hydrogen (secondary N) is 3. The molecule has 4 N–H and O–H groups in total. The van der Waals surface area contributed by atoms with Gasteiger partial charge in [0, 0.05) is 30.6 Å². The number of benzene rings is 1. The number of anilines is 1. The molecule has 1 aromatic carbocycles. The van der Waals surface area contributed by atoms with Crippen LogP contribution in [0.25, 0.3) is 0 Å². The Balaban J connectivity index is 2.21. The van der Waals surface area contributed by atoms with Gasteiger partial charge in [0.05, 0.1) is 17.3 Å². The van der Waals surface area contributed by atoms with Crippen LogP contribution in [0.15, 0.2) is 18.2 Å². The van der Waals surface area contributed by atoms with Crippen molar-refractivity contribution in [2.75, 3.05) is 25.6 Å². The smallest absolute Gasteiger partial charge is 0.254 e. The number of Topliss-reactive ketones (excluding diaryl/α,β-unsaturated/α-hetero) is 1. The van der Waals surface area contributed by atoms with Crippen LogP contribution in [0.3, 0.4) is 0 Å². The fourth-order valence-electron chi connectivity index (χ4n) is 3.26. The van der Waals surface area contributed by atoms with E-state index in [2.05, 4.69) is 16.0 Å². The summed E-state index contributed by atoms with van der Waals surface area (Å²) >= 11 is 6.01. The lowest BCUT2D eigenvalue weighted by Gasteiger charge is -2.23. The molecule has 1 aliphatic rings. The number of ether oxygens (including phenoxy) is 1. The summed E-state index contributed by atoms with van der Waals surface area (Å²) < 4.78 is 31.9. The Bertz CT molecular complexity index is 828. The maximum absolute atomic E-state index is 13.4. The molecule has 178 valence electrons. The lowest BCUT2D eigenvalue weighted by atomic mass is 9.99. The van der Waals surface area contributed by atoms with Crippen LogP contribution < -0.4 is 16.0 Å². The molecular weight excluding hydrogens is 448 g/mol. The van der Waals surface area contributed by atoms with Crippen LogP contribution in [-0.2, 0) is 14.3 Å². The van der Waals surface area contributed by atoms with Crippen LogP contribution in [0.1, 0.15) is 43.0 Å². The first-order valence-corrected chi connectivity index (χ1v) is 10.7. The molecule has 32 heavy (non-hydrogen) atoms. The van der Waals surface area contributed by atoms with Crippen molar-refractivity contribution in [2.24, 2.45) is 5.92 Å². The number of rotatable bonds is 10. The molecule has 1 aliphatic heterocycles. The molecule has 8 nitrogen and oxygen atoms in total. The number of amides is 2. The standard InChI is InChI=1S/C21H28ClF2N3O5/c1-21(23,24)8-5-16(17(28)20(31)25-2)27-19(30)14-11-13(22)3-4-15(14)26-18(29)12-6-9-32-10-7-12/h3-4,11-12,16,20,25,31H,5-10H2,1-2H3,(H,26,29)(H,27,30)/t16-,20?/m0/s1. The summed E-state index contributed by atoms with van der Waals surface area (Å²) in [6, 6.07) is 2.87. The van der Waals surface area contributed by atoms with Crippen molar-refractivity contribution in [1.82, 2.24) is 10.6 Å². The number of ketones is 1. The number of halogens is 3. The monoisotopic (exact) mass is 475 g/mol. The van der Waals surface area contributed by atoms with Gasteiger partial charge in [-0.1, -0.05) is 11.6 Å². The van der Waals surface area contributed by atoms with Gasteiger partial charge in [0.15, 0.2) is 12.0 Å². The molecular formula is C21H28ClF2N3O5. The van der Waals surface area contributed by atoms with Crippen LogP contribution >= 0.6 is 11.6 Å². The lowest BCUT2D eigenvalue weighted by molar-refractivity contribution is -0.130. The van der Waals surface area contributed by atoms with Crippen molar-refractivity contribution in [1.29, 1.82) is 0 Å². The highest BCUT2D eigenvalue weighted by Gasteiger charge is 2.31. The molecule has 0 radical (unpaired) electrons. The summed E-state index contributed by atoms with van der Waals surface area (Å²) in [6.45, 7) is 1.63. The van der Waals surface area contributed by atoms with Gasteiger partial charge in [0.2, 0.25) is 11.8 Å². The molecule has 0 aliphatic carbocycles. The fourth-order valence-corrected chi connectivity index (χ4v) is 3.43. The van der Waals surface area contributed by atoms with Gasteiger partial charge in [-0.05, 0) is 51.4 Å². The van der Waals surface area contributed by atoms with Gasteiger partial charge in [-0.25, -0.2) is 8.78 Å². The first-order chi connectivity index (χ1) is 15.0. The third kappa shape index (κ3) is 7.77. The predicted octanol–water partition coefficient (Wildman–Crippen LogP) is 2.35. The molecule has 11 heteroatoms. The number of carbonyl (C=O) groups is 3. The first-order valence-electron chi connectivity index (χ1n) is 10.3. The summed E-state index contributed by atoms with van der Waals surface area (Å²) in [5, 5.41) is 17.4. The van der Waals surface area contributed by atoms with E-state index in [4.69, 9.17) is 16.3 Å². The number of hydrogen-bond donors (Lipinski definition) is 4. The number of alkyl halides is 2. The number of likely N-dealkylation sites (N-methyl/N-ethyl adjacent to an activating group) is 1. The molecule has 1 saturated heterocycles. The van der Waals surface area contributed by atoms with Crippen LogP contribution in [0.4, 0.5) is 14.5 Å². The minimum atomic E-state index is -3.06. The Morgan fingerprint density at radius 2 is 1.94 bits per heavy atom. The third-order valence-electron chi connectivity index (χ3n) is 5.14. The Kier molecular flexibility index (Phi) is 9.50. The zero-order chi connectivity index (χ0) is 23.9. The van der Waals surface area contributed by atoms with E-state index in [-0.39, 0.29) is 28.1 Å². The Morgan fingerprint density at radius 3 is 2.53 bits per heavy atom. The summed E-state index contributed by atoms with van der Waals surface area (Å²) in [7, 11) is 1.32. The van der Waals surface area contributed by atoms with Gasteiger partial charge in [-0.15, -0.1) is 0 Å². The maximum Gasteiger partial charge on any atom is 0.254 e. The fraction of sp³-hybridized carbons (Fsp3) is 0.571. The second-order valence-electron chi connectivity index (χ2n) is 7.79. The molecule has 2 atom stereocenters. The number of hydrogen-bond acceptors (Lipinski definition) is 6. The molecule has 2 rings (SSSR count). The van der Waals surface area contributed by atoms with E-state index < -0.39 is 42.7 Å². The van der Waals surface area contributed by atoms with E-state index in [1.165, 1.54) is 25.2 Å². The summed E-state index contributed by atoms with van der Waals surface area (Å²) in [5.74, 6) is -5.28. The van der Waals surface area contributed by atoms with Crippen LogP contribution in [0.2, 0.25) is 5.02 Å². The Hall–Kier alpha value is -2.14. The predicted molar refractivity (Wildman–Crippen MR) is 115 cm³/mol. The van der Waals surface area contributed by atoms with E-state index in [0.29, 0.717) is 33.0 Å². The van der Waals surface area contributed by atoms with Gasteiger partial charge in [0.1, 0.15) is 0 Å². The summed E-state index contributed by atoms with van der Waals surface area (Å²) in [6.07, 6.45) is -1.62. The molecule has 0 spiro atoms. The quantitative estimate of drug-likeness (QED) is 0.386. The Labute approximate surface area is 190 Å². The molecule has 2 amide bonds. The van der Waals surface area contributed by atoms with Crippen molar-refractivity contribution in [3.8, 4) is 0 Å². The number of carbonyl (C=O) groups excluding carboxylic acids is 3. The highest BCUT2D eigenvalue weighted by molar-refractivity contribution is 6.31. The van der Waals surface area contributed by atoms with E-state index in [1.54, 1.807) is 0 Å². The average molecular weight is 476 g/mol. The molecule has 1 fully saturated rings. The van der Waals surface area contributed by atoms with Crippen LogP contribution in [0.5, 0.6) is 0 Å². The Morgan fingerprint density at radius 1 is 1.28 bits per heavy atom. The van der Waals surface area contributed by atoms with Crippen molar-refractivity contribution >= 4 is 34.9 Å². The normalized spacial score (nSPS) is 16.8. The minimum absolute atomic E-state index is 0.0297. The zero-order valence-corrected chi connectivity index (χ0v) is 18.7. The van der Waals surface area contributed by atoms with Crippen LogP contribution in [-0.4, -0.2) is 61.2 Å². The van der Waals surface area contributed by atoms with Gasteiger partial charge >= 0.3 is 0 Å². The first kappa shape index (κ1) is 26.1. The summed E-state index contributed by atoms with van der Waals surface area (Å²) in [5.41, 5.74) is 0.141. The molecule has 1 unspecified atom stereocenters. The lowest BCUT2D eigenvalue weighted by Crippen LogP contribution is -2.49. The van der Waals surface area contributed by atoms with Crippen molar-refractivity contribution < 1.29 is 33.0 Å². The highest BCUT2D eigenvalue weighted by Crippen LogP contribution is 2.25. The second-order valence-corrected chi connectivity index (χ2v) is 8.23. The SMILES string of the molecule is CNC(O)C(=O)[C@H](CCC(C)(F)F)NC(=O)c1cc(Cl)ccc1NC(=O)C1CCOCC1. The van der Waals surface area contributed by atoms with Gasteiger partial charge < -0.3 is 20.5 Å². The molecule has 1 aromatic rings. The van der Waals surface area contributed by atoms with Crippen molar-refractivity contribution in [3.05, 3.63) is 28.8 Å². The van der Waals surface area contributed by atoms with Crippen molar-refractivity contribution in [2.45, 2.75) is 50.8 Å². The van der Waals surface area contributed by atoms with Crippen molar-refractivity contribution in [3.63, 3.8) is 0 Å². The zero-order valence-electron chi connectivity index (χ0n) is 17.9. The topological polar surface area (TPSA) is 117 Å². The van der Waals surface area contributed by atoms with Gasteiger partial charge in [-0.3, -0.25) is 19.7 Å². The highest BCUT2D eigenvalue weighted by atomic mass is 35.5. The second kappa shape index (κ2) is 11.6. The number of aliphatic hydroxyl groups is 1. The molecule has 0 saturated carbocycles. The van der Waals surface area contributed by atoms with E-state index in [0.717, 1.165) is 0 Å². The molecule has 1 heterocycles. The third-order valence-corrected chi connectivity index (χ3v) is 5.37. The maximum atomic E-state index is 13.4. The summed E-state index contributed by atoms with van der Waals surface area (Å²) in [4.78, 5) is 37.9. The van der Waals surface area contributed by atoms with E-state index >= 15 is 0 Å². The number of aliphatic hydroxyl groups excluding tert-OH is 1. The van der Waals surface area contributed by atoms with E-state index in [9.17, 15) is 28.3 Å². The van der Waals surface area contributed by atoms with Gasteiger partial charge in [-0.2, -0.15) is 0 Å². The van der Waals surface area contributed by atoms with E-state index in [1.807, 2.05) is 0 Å². The minimum Gasteiger partial charge on any atom is -0.381 e. The largest absolute Gasteiger partial charge is 0.381 e.